The zero-order valence-corrected chi connectivity index (χ0v) is 17.1. The summed E-state index contributed by atoms with van der Waals surface area (Å²) in [7, 11) is 0. The zero-order chi connectivity index (χ0) is 20.3. The van der Waals surface area contributed by atoms with Gasteiger partial charge in [0.05, 0.1) is 0 Å². The largest absolute Gasteiger partial charge is 0.324 e. The van der Waals surface area contributed by atoms with Crippen molar-refractivity contribution in [1.82, 2.24) is 4.90 Å². The number of halogens is 1. The quantitative estimate of drug-likeness (QED) is 0.660. The fourth-order valence-electron chi connectivity index (χ4n) is 4.19. The summed E-state index contributed by atoms with van der Waals surface area (Å²) in [5.41, 5.74) is -0.288. The topological polar surface area (TPSA) is 49.4 Å². The normalized spacial score (nSPS) is 18.5. The molecule has 0 spiro atoms. The van der Waals surface area contributed by atoms with Crippen molar-refractivity contribution in [2.75, 3.05) is 5.32 Å². The second-order valence-corrected chi connectivity index (χ2v) is 8.82. The van der Waals surface area contributed by atoms with Crippen LogP contribution in [0.25, 0.3) is 6.08 Å². The zero-order valence-electron chi connectivity index (χ0n) is 16.3. The molecule has 2 aliphatic rings. The molecule has 6 heteroatoms. The molecule has 0 radical (unpaired) electrons. The van der Waals surface area contributed by atoms with Crippen LogP contribution in [0, 0.1) is 5.82 Å². The Morgan fingerprint density at radius 2 is 1.83 bits per heavy atom. The molecule has 4 rings (SSSR count). The number of thiophene rings is 1. The monoisotopic (exact) mass is 412 g/mol. The van der Waals surface area contributed by atoms with Gasteiger partial charge in [0.15, 0.2) is 0 Å². The van der Waals surface area contributed by atoms with Gasteiger partial charge >= 0.3 is 0 Å². The summed E-state index contributed by atoms with van der Waals surface area (Å²) in [6.07, 6.45) is 9.54. The predicted octanol–water partition coefficient (Wildman–Crippen LogP) is 5.23. The number of benzene rings is 1. The molecule has 0 unspecified atom stereocenters. The number of carbonyl (C=O) groups is 2. The summed E-state index contributed by atoms with van der Waals surface area (Å²) in [6, 6.07) is 9.81. The minimum atomic E-state index is -0.843. The maximum Gasteiger partial charge on any atom is 0.250 e. The molecule has 29 heavy (non-hydrogen) atoms. The van der Waals surface area contributed by atoms with Crippen LogP contribution in [0.4, 0.5) is 10.1 Å². The first-order valence-electron chi connectivity index (χ1n) is 10.2. The third-order valence-electron chi connectivity index (χ3n) is 5.75. The van der Waals surface area contributed by atoms with Crippen LogP contribution in [0.2, 0.25) is 0 Å². The highest BCUT2D eigenvalue weighted by Gasteiger charge is 2.51. The van der Waals surface area contributed by atoms with Gasteiger partial charge in [-0.15, -0.1) is 11.3 Å². The van der Waals surface area contributed by atoms with Crippen molar-refractivity contribution in [3.8, 4) is 0 Å². The molecular formula is C23H25FN2O2S. The van der Waals surface area contributed by atoms with Crippen molar-refractivity contribution in [3.05, 3.63) is 58.5 Å². The number of nitrogens with zero attached hydrogens (tertiary/aromatic N) is 1. The molecule has 2 saturated carbocycles. The van der Waals surface area contributed by atoms with Crippen molar-refractivity contribution in [2.24, 2.45) is 0 Å². The predicted molar refractivity (Wildman–Crippen MR) is 114 cm³/mol. The van der Waals surface area contributed by atoms with E-state index in [1.807, 2.05) is 28.5 Å². The van der Waals surface area contributed by atoms with E-state index in [-0.39, 0.29) is 23.7 Å². The Kier molecular flexibility index (Phi) is 5.81. The Morgan fingerprint density at radius 1 is 1.10 bits per heavy atom. The highest BCUT2D eigenvalue weighted by Crippen LogP contribution is 2.42. The molecule has 2 aliphatic carbocycles. The first kappa shape index (κ1) is 19.8. The minimum Gasteiger partial charge on any atom is -0.324 e. The number of amides is 2. The highest BCUT2D eigenvalue weighted by atomic mass is 32.1. The summed E-state index contributed by atoms with van der Waals surface area (Å²) < 4.78 is 13.2. The minimum absolute atomic E-state index is 0.0999. The van der Waals surface area contributed by atoms with Crippen LogP contribution >= 0.6 is 11.3 Å². The summed E-state index contributed by atoms with van der Waals surface area (Å²) >= 11 is 1.58. The molecule has 1 aromatic heterocycles. The van der Waals surface area contributed by atoms with Gasteiger partial charge in [-0.2, -0.15) is 0 Å². The van der Waals surface area contributed by atoms with Crippen LogP contribution in [-0.2, 0) is 9.59 Å². The molecule has 0 bridgehead atoms. The first-order valence-corrected chi connectivity index (χ1v) is 11.1. The number of hydrogen-bond acceptors (Lipinski definition) is 3. The smallest absolute Gasteiger partial charge is 0.250 e. The number of anilines is 1. The van der Waals surface area contributed by atoms with Crippen molar-refractivity contribution >= 4 is 34.9 Å². The molecule has 1 heterocycles. The maximum atomic E-state index is 13.5. The second-order valence-electron chi connectivity index (χ2n) is 7.84. The second kappa shape index (κ2) is 8.49. The molecule has 0 saturated heterocycles. The summed E-state index contributed by atoms with van der Waals surface area (Å²) in [6.45, 7) is 0. The van der Waals surface area contributed by atoms with Crippen LogP contribution in [0.5, 0.6) is 0 Å². The van der Waals surface area contributed by atoms with E-state index >= 15 is 0 Å². The SMILES string of the molecule is O=C(/C=C/c1cccs1)N(C1CC1)C1(C(=O)Nc2ccc(F)cc2)CCCCC1. The van der Waals surface area contributed by atoms with E-state index in [4.69, 9.17) is 0 Å². The van der Waals surface area contributed by atoms with E-state index < -0.39 is 5.54 Å². The molecular weight excluding hydrogens is 387 g/mol. The molecule has 0 aliphatic heterocycles. The number of carbonyl (C=O) groups excluding carboxylic acids is 2. The first-order chi connectivity index (χ1) is 14.1. The van der Waals surface area contributed by atoms with Gasteiger partial charge in [0.25, 0.3) is 0 Å². The Labute approximate surface area is 174 Å². The molecule has 152 valence electrons. The summed E-state index contributed by atoms with van der Waals surface area (Å²) in [5, 5.41) is 4.92. The molecule has 0 atom stereocenters. The summed E-state index contributed by atoms with van der Waals surface area (Å²) in [4.78, 5) is 29.6. The van der Waals surface area contributed by atoms with Crippen LogP contribution < -0.4 is 5.32 Å². The van der Waals surface area contributed by atoms with Crippen LogP contribution in [0.15, 0.2) is 47.9 Å². The fourth-order valence-corrected chi connectivity index (χ4v) is 4.81. The Morgan fingerprint density at radius 3 is 2.45 bits per heavy atom. The molecule has 4 nitrogen and oxygen atoms in total. The van der Waals surface area contributed by atoms with Crippen molar-refractivity contribution in [3.63, 3.8) is 0 Å². The van der Waals surface area contributed by atoms with E-state index in [1.165, 1.54) is 12.1 Å². The van der Waals surface area contributed by atoms with E-state index in [2.05, 4.69) is 5.32 Å². The van der Waals surface area contributed by atoms with Gasteiger partial charge in [-0.05, 0) is 67.5 Å². The third kappa shape index (κ3) is 4.42. The summed E-state index contributed by atoms with van der Waals surface area (Å²) in [5.74, 6) is -0.602. The van der Waals surface area contributed by atoms with E-state index in [0.29, 0.717) is 18.5 Å². The number of nitrogens with one attached hydrogen (secondary N) is 1. The number of rotatable bonds is 6. The van der Waals surface area contributed by atoms with Gasteiger partial charge < -0.3 is 10.2 Å². The lowest BCUT2D eigenvalue weighted by atomic mass is 9.79. The van der Waals surface area contributed by atoms with E-state index in [9.17, 15) is 14.0 Å². The standard InChI is InChI=1S/C23H25FN2O2S/c24-17-6-8-18(9-7-17)25-22(28)23(14-2-1-3-15-23)26(19-10-11-19)21(27)13-12-20-5-4-16-29-20/h4-9,12-13,16,19H,1-3,10-11,14-15H2,(H,25,28)/b13-12+. The van der Waals surface area contributed by atoms with Crippen LogP contribution in [0.1, 0.15) is 49.8 Å². The fraction of sp³-hybridized carbons (Fsp3) is 0.391. The average Bonchev–Trinajstić information content (AvgIpc) is 3.41. The van der Waals surface area contributed by atoms with Gasteiger partial charge in [-0.25, -0.2) is 4.39 Å². The molecule has 1 aromatic carbocycles. The number of hydrogen-bond donors (Lipinski definition) is 1. The van der Waals surface area contributed by atoms with E-state index in [1.54, 1.807) is 29.5 Å². The van der Waals surface area contributed by atoms with Crippen LogP contribution in [0.3, 0.4) is 0 Å². The van der Waals surface area contributed by atoms with Gasteiger partial charge in [0.1, 0.15) is 11.4 Å². The van der Waals surface area contributed by atoms with Crippen molar-refractivity contribution in [2.45, 2.75) is 56.5 Å². The lowest BCUT2D eigenvalue weighted by molar-refractivity contribution is -0.145. The molecule has 2 fully saturated rings. The van der Waals surface area contributed by atoms with Crippen LogP contribution in [-0.4, -0.2) is 28.3 Å². The molecule has 1 N–H and O–H groups in total. The van der Waals surface area contributed by atoms with Gasteiger partial charge in [0.2, 0.25) is 11.8 Å². The van der Waals surface area contributed by atoms with Crippen molar-refractivity contribution in [1.29, 1.82) is 0 Å². The van der Waals surface area contributed by atoms with Gasteiger partial charge in [-0.1, -0.05) is 25.3 Å². The third-order valence-corrected chi connectivity index (χ3v) is 6.59. The lowest BCUT2D eigenvalue weighted by Crippen LogP contribution is -2.60. The Balaban J connectivity index is 1.61. The molecule has 2 amide bonds. The van der Waals surface area contributed by atoms with E-state index in [0.717, 1.165) is 37.0 Å². The van der Waals surface area contributed by atoms with Gasteiger partial charge in [0, 0.05) is 22.7 Å². The Bertz CT molecular complexity index is 882. The average molecular weight is 413 g/mol. The Hall–Kier alpha value is -2.47. The molecule has 2 aromatic rings. The van der Waals surface area contributed by atoms with Crippen molar-refractivity contribution < 1.29 is 14.0 Å². The lowest BCUT2D eigenvalue weighted by Gasteiger charge is -2.45. The highest BCUT2D eigenvalue weighted by molar-refractivity contribution is 7.10. The maximum absolute atomic E-state index is 13.5. The van der Waals surface area contributed by atoms with Gasteiger partial charge in [-0.3, -0.25) is 9.59 Å².